The van der Waals surface area contributed by atoms with Gasteiger partial charge < -0.3 is 6.92 Å². The van der Waals surface area contributed by atoms with E-state index in [4.69, 9.17) is 0 Å². The second-order valence-corrected chi connectivity index (χ2v) is 0.854. The number of hydrogen-bond donors (Lipinski definition) is 0. The summed E-state index contributed by atoms with van der Waals surface area (Å²) < 4.78 is 0. The zero-order valence-corrected chi connectivity index (χ0v) is 5.12. The van der Waals surface area contributed by atoms with Crippen molar-refractivity contribution in [3.63, 3.8) is 0 Å². The average Bonchev–Trinajstić information content (AvgIpc) is 1.37. The minimum atomic E-state index is 0. The van der Waals surface area contributed by atoms with Crippen LogP contribution in [0.4, 0.5) is 0 Å². The third-order valence-electron chi connectivity index (χ3n) is 0.354. The second kappa shape index (κ2) is 16.4. The van der Waals surface area contributed by atoms with Crippen LogP contribution in [-0.4, -0.2) is 0 Å². The van der Waals surface area contributed by atoms with Crippen LogP contribution in [0.1, 0.15) is 19.8 Å². The first-order chi connectivity index (χ1) is 1.91. The molecular weight excluding hydrogens is 61.9 g/mol. The molecule has 0 nitrogen and oxygen atoms in total. The summed E-state index contributed by atoms with van der Waals surface area (Å²) in [5.41, 5.74) is 0. The molecule has 6 heavy (non-hydrogen) atoms. The number of rotatable bonds is 1. The molecule has 0 aliphatic heterocycles. The Kier molecular flexibility index (Phi) is 42.8. The van der Waals surface area contributed by atoms with Crippen molar-refractivity contribution < 1.29 is 37.7 Å². The Labute approximate surface area is 64.4 Å². The first-order valence-electron chi connectivity index (χ1n) is 1.71. The van der Waals surface area contributed by atoms with E-state index >= 15 is 0 Å². The molecule has 0 saturated carbocycles. The summed E-state index contributed by atoms with van der Waals surface area (Å²) >= 11 is 0. The van der Waals surface area contributed by atoms with Gasteiger partial charge in [0.1, 0.15) is 0 Å². The Hall–Kier alpha value is 1.19. The molecule has 0 aliphatic carbocycles. The first kappa shape index (κ1) is 15.7. The largest absolute Gasteiger partial charge is 1.00 e. The van der Waals surface area contributed by atoms with Gasteiger partial charge in [-0.1, -0.05) is 13.3 Å². The van der Waals surface area contributed by atoms with E-state index in [0.29, 0.717) is 0 Å². The standard InChI is InChI=1S/C4H9.2Li/c1-3-4-2;;/h1,3-4H2,2H3;;/q-1;2*+1. The Morgan fingerprint density at radius 3 is 1.50 bits per heavy atom. The monoisotopic (exact) mass is 71.1 g/mol. The Bertz CT molecular complexity index is 7.51. The van der Waals surface area contributed by atoms with Crippen LogP contribution in [0.25, 0.3) is 0 Å². The van der Waals surface area contributed by atoms with Crippen molar-refractivity contribution in [2.24, 2.45) is 0 Å². The number of unbranched alkanes of at least 4 members (excludes halogenated alkanes) is 1. The smallest absolute Gasteiger partial charge is 0.343 e. The molecule has 0 aromatic rings. The molecule has 0 rings (SSSR count). The predicted molar refractivity (Wildman–Crippen MR) is 20.3 cm³/mol. The van der Waals surface area contributed by atoms with E-state index < -0.39 is 0 Å². The maximum atomic E-state index is 3.60. The fourth-order valence-corrected chi connectivity index (χ4v) is 0. The second-order valence-electron chi connectivity index (χ2n) is 0.854. The van der Waals surface area contributed by atoms with Gasteiger partial charge >= 0.3 is 37.7 Å². The molecular formula is C4H9Li2+. The van der Waals surface area contributed by atoms with Crippen molar-refractivity contribution >= 4 is 0 Å². The molecule has 0 spiro atoms. The van der Waals surface area contributed by atoms with Crippen molar-refractivity contribution in [2.75, 3.05) is 0 Å². The van der Waals surface area contributed by atoms with Gasteiger partial charge in [0.05, 0.1) is 0 Å². The summed E-state index contributed by atoms with van der Waals surface area (Å²) in [6.45, 7) is 5.72. The average molecular weight is 71.0 g/mol. The van der Waals surface area contributed by atoms with Crippen LogP contribution < -0.4 is 37.7 Å². The molecule has 0 atom stereocenters. The molecule has 0 aliphatic rings. The van der Waals surface area contributed by atoms with E-state index in [9.17, 15) is 0 Å². The van der Waals surface area contributed by atoms with Crippen LogP contribution in [0.2, 0.25) is 0 Å². The molecule has 0 fully saturated rings. The normalized spacial score (nSPS) is 5.00. The van der Waals surface area contributed by atoms with Gasteiger partial charge in [-0.25, -0.2) is 0 Å². The van der Waals surface area contributed by atoms with Crippen molar-refractivity contribution in [1.82, 2.24) is 0 Å². The van der Waals surface area contributed by atoms with Gasteiger partial charge in [-0.3, -0.25) is 0 Å². The molecule has 0 aromatic heterocycles. The molecule has 0 N–H and O–H groups in total. The summed E-state index contributed by atoms with van der Waals surface area (Å²) in [5.74, 6) is 0. The van der Waals surface area contributed by atoms with Crippen molar-refractivity contribution in [3.05, 3.63) is 6.92 Å². The third kappa shape index (κ3) is 19.0. The zero-order chi connectivity index (χ0) is 3.41. The van der Waals surface area contributed by atoms with Crippen LogP contribution in [0.5, 0.6) is 0 Å². The fraction of sp³-hybridized carbons (Fsp3) is 0.750. The Morgan fingerprint density at radius 1 is 1.33 bits per heavy atom. The van der Waals surface area contributed by atoms with Crippen molar-refractivity contribution in [2.45, 2.75) is 19.8 Å². The van der Waals surface area contributed by atoms with Gasteiger partial charge in [0.15, 0.2) is 0 Å². The fourth-order valence-electron chi connectivity index (χ4n) is 0. The first-order valence-corrected chi connectivity index (χ1v) is 1.71. The minimum Gasteiger partial charge on any atom is -0.343 e. The molecule has 0 heterocycles. The van der Waals surface area contributed by atoms with Crippen LogP contribution in [0.3, 0.4) is 0 Å². The van der Waals surface area contributed by atoms with E-state index in [2.05, 4.69) is 13.8 Å². The van der Waals surface area contributed by atoms with Crippen LogP contribution in [0, 0.1) is 6.92 Å². The third-order valence-corrected chi connectivity index (χ3v) is 0.354. The SMILES string of the molecule is [CH2-]CCC.[Li+].[Li+]. The van der Waals surface area contributed by atoms with Gasteiger partial charge in [0, 0.05) is 0 Å². The van der Waals surface area contributed by atoms with E-state index in [0.717, 1.165) is 6.42 Å². The maximum Gasteiger partial charge on any atom is 1.00 e. The molecule has 0 aromatic carbocycles. The molecule has 2 heteroatoms. The van der Waals surface area contributed by atoms with Gasteiger partial charge in [-0.2, -0.15) is 6.42 Å². The summed E-state index contributed by atoms with van der Waals surface area (Å²) in [7, 11) is 0. The van der Waals surface area contributed by atoms with E-state index in [-0.39, 0.29) is 37.7 Å². The van der Waals surface area contributed by atoms with E-state index in [1.54, 1.807) is 0 Å². The molecule has 0 saturated heterocycles. The summed E-state index contributed by atoms with van der Waals surface area (Å²) in [4.78, 5) is 0. The zero-order valence-electron chi connectivity index (χ0n) is 5.12. The quantitative estimate of drug-likeness (QED) is 0.216. The van der Waals surface area contributed by atoms with Crippen LogP contribution in [0.15, 0.2) is 0 Å². The summed E-state index contributed by atoms with van der Waals surface area (Å²) in [6, 6.07) is 0. The van der Waals surface area contributed by atoms with Gasteiger partial charge in [-0.15, -0.1) is 0 Å². The summed E-state index contributed by atoms with van der Waals surface area (Å²) in [6.07, 6.45) is 2.28. The van der Waals surface area contributed by atoms with Crippen LogP contribution in [-0.2, 0) is 0 Å². The van der Waals surface area contributed by atoms with Gasteiger partial charge in [-0.05, 0) is 0 Å². The molecule has 0 bridgehead atoms. The Morgan fingerprint density at radius 2 is 1.50 bits per heavy atom. The Balaban J connectivity index is -0.0000000450. The topological polar surface area (TPSA) is 0 Å². The van der Waals surface area contributed by atoms with Crippen LogP contribution >= 0.6 is 0 Å². The van der Waals surface area contributed by atoms with Gasteiger partial charge in [0.2, 0.25) is 0 Å². The van der Waals surface area contributed by atoms with Gasteiger partial charge in [0.25, 0.3) is 0 Å². The van der Waals surface area contributed by atoms with Crippen molar-refractivity contribution in [3.8, 4) is 0 Å². The van der Waals surface area contributed by atoms with E-state index in [1.807, 2.05) is 0 Å². The predicted octanol–water partition coefficient (Wildman–Crippen LogP) is -4.37. The maximum absolute atomic E-state index is 3.60. The molecule has 0 radical (unpaired) electrons. The van der Waals surface area contributed by atoms with E-state index in [1.165, 1.54) is 6.42 Å². The summed E-state index contributed by atoms with van der Waals surface area (Å²) in [5, 5.41) is 0. The van der Waals surface area contributed by atoms with Crippen molar-refractivity contribution in [1.29, 1.82) is 0 Å². The molecule has 0 unspecified atom stereocenters. The minimum absolute atomic E-state index is 0. The number of hydrogen-bond acceptors (Lipinski definition) is 0. The molecule has 0 amide bonds. The molecule has 26 valence electrons.